The molecule has 1 atom stereocenters. The molecule has 2 aliphatic heterocycles. The van der Waals surface area contributed by atoms with Crippen LogP contribution in [-0.2, 0) is 11.3 Å². The Morgan fingerprint density at radius 3 is 2.70 bits per heavy atom. The molecular weight excluding hydrogens is 340 g/mol. The van der Waals surface area contributed by atoms with Crippen LogP contribution in [0.25, 0.3) is 0 Å². The van der Waals surface area contributed by atoms with Gasteiger partial charge in [-0.3, -0.25) is 9.69 Å². The standard InChI is InChI=1S/C22H32N2O3/c1-27-20-9-8-17(14-19(20)25)15-23-13-11-22(16-23)10-5-12-24(21(22)26)18-6-3-2-4-7-18/h8-9,14,18,25H,2-7,10-13,15-16H2,1H3. The van der Waals surface area contributed by atoms with Crippen molar-refractivity contribution >= 4 is 5.91 Å². The molecule has 1 amide bonds. The molecule has 1 saturated carbocycles. The summed E-state index contributed by atoms with van der Waals surface area (Å²) in [6.45, 7) is 3.53. The molecule has 1 aliphatic carbocycles. The Balaban J connectivity index is 1.42. The number of nitrogens with zero attached hydrogens (tertiary/aromatic N) is 2. The van der Waals surface area contributed by atoms with Gasteiger partial charge in [0.1, 0.15) is 0 Å². The number of amides is 1. The van der Waals surface area contributed by atoms with Crippen molar-refractivity contribution in [3.63, 3.8) is 0 Å². The van der Waals surface area contributed by atoms with Crippen LogP contribution in [0.5, 0.6) is 11.5 Å². The minimum Gasteiger partial charge on any atom is -0.504 e. The molecule has 0 bridgehead atoms. The number of hydrogen-bond donors (Lipinski definition) is 1. The first-order valence-corrected chi connectivity index (χ1v) is 10.5. The molecule has 1 aromatic carbocycles. The lowest BCUT2D eigenvalue weighted by Gasteiger charge is -2.44. The molecule has 1 unspecified atom stereocenters. The smallest absolute Gasteiger partial charge is 0.230 e. The fourth-order valence-electron chi connectivity index (χ4n) is 5.41. The van der Waals surface area contributed by atoms with Gasteiger partial charge in [-0.2, -0.15) is 0 Å². The Morgan fingerprint density at radius 2 is 1.96 bits per heavy atom. The first kappa shape index (κ1) is 18.6. The summed E-state index contributed by atoms with van der Waals surface area (Å²) in [7, 11) is 1.56. The highest BCUT2D eigenvalue weighted by atomic mass is 16.5. The molecule has 1 spiro atoms. The van der Waals surface area contributed by atoms with E-state index in [1.165, 1.54) is 32.1 Å². The van der Waals surface area contributed by atoms with Crippen molar-refractivity contribution in [3.05, 3.63) is 23.8 Å². The van der Waals surface area contributed by atoms with Crippen molar-refractivity contribution in [2.75, 3.05) is 26.7 Å². The molecule has 3 fully saturated rings. The van der Waals surface area contributed by atoms with E-state index in [0.717, 1.165) is 51.0 Å². The molecule has 5 heteroatoms. The lowest BCUT2D eigenvalue weighted by atomic mass is 9.77. The maximum atomic E-state index is 13.4. The van der Waals surface area contributed by atoms with Crippen molar-refractivity contribution in [1.82, 2.24) is 9.80 Å². The first-order valence-electron chi connectivity index (χ1n) is 10.5. The third-order valence-corrected chi connectivity index (χ3v) is 6.87. The number of phenolic OH excluding ortho intramolecular Hbond substituents is 1. The quantitative estimate of drug-likeness (QED) is 0.878. The predicted octanol–water partition coefficient (Wildman–Crippen LogP) is 3.55. The van der Waals surface area contributed by atoms with E-state index < -0.39 is 0 Å². The lowest BCUT2D eigenvalue weighted by Crippen LogP contribution is -2.54. The third-order valence-electron chi connectivity index (χ3n) is 6.87. The molecule has 2 saturated heterocycles. The number of carbonyl (C=O) groups excluding carboxylic acids is 1. The van der Waals surface area contributed by atoms with Gasteiger partial charge in [0.15, 0.2) is 11.5 Å². The Labute approximate surface area is 162 Å². The summed E-state index contributed by atoms with van der Waals surface area (Å²) >= 11 is 0. The van der Waals surface area contributed by atoms with Gasteiger partial charge in [0, 0.05) is 25.7 Å². The van der Waals surface area contributed by atoms with Crippen LogP contribution in [-0.4, -0.2) is 53.6 Å². The summed E-state index contributed by atoms with van der Waals surface area (Å²) < 4.78 is 5.13. The average molecular weight is 373 g/mol. The number of piperidine rings is 1. The monoisotopic (exact) mass is 372 g/mol. The molecule has 1 aromatic rings. The summed E-state index contributed by atoms with van der Waals surface area (Å²) in [6, 6.07) is 6.07. The van der Waals surface area contributed by atoms with Gasteiger partial charge in [-0.15, -0.1) is 0 Å². The number of benzene rings is 1. The number of ether oxygens (including phenoxy) is 1. The van der Waals surface area contributed by atoms with Gasteiger partial charge < -0.3 is 14.7 Å². The summed E-state index contributed by atoms with van der Waals surface area (Å²) in [4.78, 5) is 18.0. The number of hydrogen-bond acceptors (Lipinski definition) is 4. The highest BCUT2D eigenvalue weighted by Crippen LogP contribution is 2.42. The zero-order valence-electron chi connectivity index (χ0n) is 16.5. The van der Waals surface area contributed by atoms with Crippen LogP contribution in [0.15, 0.2) is 18.2 Å². The summed E-state index contributed by atoms with van der Waals surface area (Å²) in [5.74, 6) is 1.10. The van der Waals surface area contributed by atoms with E-state index in [1.54, 1.807) is 13.2 Å². The highest BCUT2D eigenvalue weighted by molar-refractivity contribution is 5.84. The molecule has 27 heavy (non-hydrogen) atoms. The number of likely N-dealkylation sites (tertiary alicyclic amines) is 2. The van der Waals surface area contributed by atoms with Crippen LogP contribution in [0.4, 0.5) is 0 Å². The molecule has 3 aliphatic rings. The zero-order valence-corrected chi connectivity index (χ0v) is 16.5. The van der Waals surface area contributed by atoms with E-state index in [2.05, 4.69) is 9.80 Å². The highest BCUT2D eigenvalue weighted by Gasteiger charge is 2.49. The van der Waals surface area contributed by atoms with Crippen molar-refractivity contribution in [2.24, 2.45) is 5.41 Å². The van der Waals surface area contributed by atoms with Gasteiger partial charge in [0.2, 0.25) is 5.91 Å². The predicted molar refractivity (Wildman–Crippen MR) is 105 cm³/mol. The van der Waals surface area contributed by atoms with Crippen LogP contribution < -0.4 is 4.74 Å². The Bertz CT molecular complexity index is 686. The number of rotatable bonds is 4. The van der Waals surface area contributed by atoms with Crippen LogP contribution >= 0.6 is 0 Å². The van der Waals surface area contributed by atoms with Crippen molar-refractivity contribution in [2.45, 2.75) is 64.0 Å². The lowest BCUT2D eigenvalue weighted by molar-refractivity contribution is -0.149. The van der Waals surface area contributed by atoms with Crippen molar-refractivity contribution in [1.29, 1.82) is 0 Å². The van der Waals surface area contributed by atoms with Crippen LogP contribution in [0, 0.1) is 5.41 Å². The second-order valence-corrected chi connectivity index (χ2v) is 8.64. The Kier molecular flexibility index (Phi) is 5.31. The minimum atomic E-state index is -0.176. The molecule has 0 aromatic heterocycles. The molecule has 4 rings (SSSR count). The molecule has 5 nitrogen and oxygen atoms in total. The van der Waals surface area contributed by atoms with Crippen LogP contribution in [0.3, 0.4) is 0 Å². The van der Waals surface area contributed by atoms with Crippen LogP contribution in [0.1, 0.15) is 56.9 Å². The molecule has 1 N–H and O–H groups in total. The summed E-state index contributed by atoms with van der Waals surface area (Å²) in [5, 5.41) is 10.0. The largest absolute Gasteiger partial charge is 0.504 e. The first-order chi connectivity index (χ1) is 13.1. The van der Waals surface area contributed by atoms with Gasteiger partial charge in [-0.1, -0.05) is 25.3 Å². The maximum Gasteiger partial charge on any atom is 0.230 e. The minimum absolute atomic E-state index is 0.176. The second-order valence-electron chi connectivity index (χ2n) is 8.64. The molecule has 2 heterocycles. The topological polar surface area (TPSA) is 53.0 Å². The summed E-state index contributed by atoms with van der Waals surface area (Å²) in [5.41, 5.74) is 0.891. The number of carbonyl (C=O) groups is 1. The number of methoxy groups -OCH3 is 1. The van der Waals surface area contributed by atoms with Crippen LogP contribution in [0.2, 0.25) is 0 Å². The third kappa shape index (κ3) is 3.66. The van der Waals surface area contributed by atoms with Gasteiger partial charge in [-0.05, 0) is 56.3 Å². The van der Waals surface area contributed by atoms with E-state index in [9.17, 15) is 9.90 Å². The van der Waals surface area contributed by atoms with E-state index in [-0.39, 0.29) is 11.2 Å². The number of aromatic hydroxyl groups is 1. The van der Waals surface area contributed by atoms with E-state index in [1.807, 2.05) is 12.1 Å². The van der Waals surface area contributed by atoms with Gasteiger partial charge in [-0.25, -0.2) is 0 Å². The SMILES string of the molecule is COc1ccc(CN2CCC3(CCCN(C4CCCCC4)C3=O)C2)cc1O. The fourth-order valence-corrected chi connectivity index (χ4v) is 5.41. The van der Waals surface area contributed by atoms with E-state index in [4.69, 9.17) is 4.74 Å². The second kappa shape index (κ2) is 7.70. The van der Waals surface area contributed by atoms with E-state index in [0.29, 0.717) is 17.7 Å². The molecule has 148 valence electrons. The summed E-state index contributed by atoms with van der Waals surface area (Å²) in [6.07, 6.45) is 9.39. The Morgan fingerprint density at radius 1 is 1.15 bits per heavy atom. The fraction of sp³-hybridized carbons (Fsp3) is 0.682. The zero-order chi connectivity index (χ0) is 18.9. The number of phenols is 1. The normalized spacial score (nSPS) is 27.4. The van der Waals surface area contributed by atoms with Gasteiger partial charge in [0.25, 0.3) is 0 Å². The molecular formula is C22H32N2O3. The Hall–Kier alpha value is -1.75. The van der Waals surface area contributed by atoms with Gasteiger partial charge >= 0.3 is 0 Å². The molecule has 0 radical (unpaired) electrons. The van der Waals surface area contributed by atoms with Crippen molar-refractivity contribution in [3.8, 4) is 11.5 Å². The van der Waals surface area contributed by atoms with E-state index >= 15 is 0 Å². The maximum absolute atomic E-state index is 13.4. The average Bonchev–Trinajstić information content (AvgIpc) is 3.08. The van der Waals surface area contributed by atoms with Crippen molar-refractivity contribution < 1.29 is 14.6 Å². The van der Waals surface area contributed by atoms with Gasteiger partial charge in [0.05, 0.1) is 12.5 Å².